The second-order valence-electron chi connectivity index (χ2n) is 7.35. The number of hydrogen-bond donors (Lipinski definition) is 0. The number of hydrogen-bond acceptors (Lipinski definition) is 5. The van der Waals surface area contributed by atoms with Crippen LogP contribution in [-0.2, 0) is 20.3 Å². The molecule has 1 saturated heterocycles. The van der Waals surface area contributed by atoms with Gasteiger partial charge in [-0.25, -0.2) is 13.2 Å². The van der Waals surface area contributed by atoms with Gasteiger partial charge in [0.25, 0.3) is 0 Å². The third kappa shape index (κ3) is 6.11. The lowest BCUT2D eigenvalue weighted by Crippen LogP contribution is -2.44. The largest absolute Gasteiger partial charge is 0.444 e. The Morgan fingerprint density at radius 3 is 2.79 bits per heavy atom. The maximum absolute atomic E-state index is 12.4. The number of carbonyl (C=O) groups is 1. The van der Waals surface area contributed by atoms with Gasteiger partial charge in [0, 0.05) is 25.5 Å². The van der Waals surface area contributed by atoms with Gasteiger partial charge in [-0.1, -0.05) is 6.07 Å². The highest BCUT2D eigenvalue weighted by atomic mass is 32.2. The average Bonchev–Trinajstić information content (AvgIpc) is 2.45. The molecule has 0 saturated carbocycles. The van der Waals surface area contributed by atoms with Crippen LogP contribution in [-0.4, -0.2) is 48.8 Å². The Balaban J connectivity index is 1.93. The topological polar surface area (TPSA) is 76.6 Å². The van der Waals surface area contributed by atoms with E-state index in [1.807, 2.05) is 20.8 Å². The molecule has 0 radical (unpaired) electrons. The zero-order chi connectivity index (χ0) is 17.8. The Morgan fingerprint density at radius 2 is 2.17 bits per heavy atom. The molecule has 1 atom stereocenters. The van der Waals surface area contributed by atoms with Crippen molar-refractivity contribution in [3.8, 4) is 0 Å². The predicted octanol–water partition coefficient (Wildman–Crippen LogP) is 2.64. The molecule has 1 aliphatic rings. The number of amides is 1. The monoisotopic (exact) mass is 354 g/mol. The van der Waals surface area contributed by atoms with E-state index in [4.69, 9.17) is 4.74 Å². The zero-order valence-electron chi connectivity index (χ0n) is 14.6. The van der Waals surface area contributed by atoms with Crippen LogP contribution in [0.25, 0.3) is 0 Å². The number of sulfone groups is 1. The summed E-state index contributed by atoms with van der Waals surface area (Å²) in [6.07, 6.45) is 4.44. The van der Waals surface area contributed by atoms with E-state index in [0.717, 1.165) is 12.8 Å². The zero-order valence-corrected chi connectivity index (χ0v) is 15.4. The minimum absolute atomic E-state index is 0.0101. The fourth-order valence-electron chi connectivity index (χ4n) is 2.85. The Labute approximate surface area is 144 Å². The van der Waals surface area contributed by atoms with Gasteiger partial charge in [0.2, 0.25) is 0 Å². The molecule has 24 heavy (non-hydrogen) atoms. The lowest BCUT2D eigenvalue weighted by atomic mass is 10.0. The van der Waals surface area contributed by atoms with Crippen molar-refractivity contribution >= 4 is 15.9 Å². The molecule has 0 aliphatic carbocycles. The second-order valence-corrected chi connectivity index (χ2v) is 9.46. The summed E-state index contributed by atoms with van der Waals surface area (Å²) in [6, 6.07) is 3.49. The van der Waals surface area contributed by atoms with Crippen LogP contribution in [0.5, 0.6) is 0 Å². The first-order valence-electron chi connectivity index (χ1n) is 8.22. The Morgan fingerprint density at radius 1 is 1.42 bits per heavy atom. The van der Waals surface area contributed by atoms with E-state index >= 15 is 0 Å². The number of ether oxygens (including phenoxy) is 1. The number of rotatable bonds is 4. The van der Waals surface area contributed by atoms with Crippen molar-refractivity contribution in [1.29, 1.82) is 0 Å². The summed E-state index contributed by atoms with van der Waals surface area (Å²) in [5.74, 6) is 0.0262. The van der Waals surface area contributed by atoms with E-state index in [9.17, 15) is 13.2 Å². The van der Waals surface area contributed by atoms with Gasteiger partial charge in [0.1, 0.15) is 5.60 Å². The molecule has 0 bridgehead atoms. The molecular weight excluding hydrogens is 328 g/mol. The smallest absolute Gasteiger partial charge is 0.410 e. The highest BCUT2D eigenvalue weighted by molar-refractivity contribution is 7.90. The lowest BCUT2D eigenvalue weighted by molar-refractivity contribution is 0.0176. The second kappa shape index (κ2) is 7.51. The van der Waals surface area contributed by atoms with Gasteiger partial charge in [0.05, 0.1) is 11.5 Å². The summed E-state index contributed by atoms with van der Waals surface area (Å²) in [6.45, 7) is 6.52. The van der Waals surface area contributed by atoms with Gasteiger partial charge < -0.3 is 9.64 Å². The first kappa shape index (κ1) is 18.7. The fourth-order valence-corrected chi connectivity index (χ4v) is 4.64. The minimum atomic E-state index is -3.24. The SMILES string of the molecule is CC(C)(C)OC(=O)N1CCC[C@H](CS(=O)(=O)Cc2cccnc2)C1. The van der Waals surface area contributed by atoms with Crippen molar-refractivity contribution < 1.29 is 17.9 Å². The molecule has 0 N–H and O–H groups in total. The fraction of sp³-hybridized carbons (Fsp3) is 0.647. The normalized spacial score (nSPS) is 19.1. The molecular formula is C17H26N2O4S. The summed E-state index contributed by atoms with van der Waals surface area (Å²) in [5, 5.41) is 0. The summed E-state index contributed by atoms with van der Waals surface area (Å²) >= 11 is 0. The summed E-state index contributed by atoms with van der Waals surface area (Å²) in [7, 11) is -3.24. The number of pyridine rings is 1. The van der Waals surface area contributed by atoms with Crippen molar-refractivity contribution in [2.75, 3.05) is 18.8 Å². The van der Waals surface area contributed by atoms with Crippen molar-refractivity contribution in [1.82, 2.24) is 9.88 Å². The Kier molecular flexibility index (Phi) is 5.85. The molecule has 7 heteroatoms. The number of aromatic nitrogens is 1. The summed E-state index contributed by atoms with van der Waals surface area (Å²) in [4.78, 5) is 17.7. The first-order chi connectivity index (χ1) is 11.1. The van der Waals surface area contributed by atoms with Crippen LogP contribution in [0.15, 0.2) is 24.5 Å². The van der Waals surface area contributed by atoms with Gasteiger partial charge in [0.15, 0.2) is 9.84 Å². The molecule has 2 heterocycles. The Hall–Kier alpha value is -1.63. The standard InChI is InChI=1S/C17H26N2O4S/c1-17(2,3)23-16(20)19-9-5-7-15(11-19)13-24(21,22)12-14-6-4-8-18-10-14/h4,6,8,10,15H,5,7,9,11-13H2,1-3H3/t15-/m0/s1. The highest BCUT2D eigenvalue weighted by Gasteiger charge is 2.30. The molecule has 6 nitrogen and oxygen atoms in total. The van der Waals surface area contributed by atoms with Crippen LogP contribution in [0, 0.1) is 5.92 Å². The molecule has 1 aromatic heterocycles. The maximum Gasteiger partial charge on any atom is 0.410 e. The maximum atomic E-state index is 12.4. The van der Waals surface area contributed by atoms with Crippen molar-refractivity contribution in [3.63, 3.8) is 0 Å². The van der Waals surface area contributed by atoms with Crippen LogP contribution in [0.3, 0.4) is 0 Å². The minimum Gasteiger partial charge on any atom is -0.444 e. The van der Waals surface area contributed by atoms with Crippen molar-refractivity contribution in [3.05, 3.63) is 30.1 Å². The number of likely N-dealkylation sites (tertiary alicyclic amines) is 1. The van der Waals surface area contributed by atoms with E-state index < -0.39 is 15.4 Å². The lowest BCUT2D eigenvalue weighted by Gasteiger charge is -2.34. The molecule has 1 aliphatic heterocycles. The van der Waals surface area contributed by atoms with Crippen molar-refractivity contribution in [2.24, 2.45) is 5.92 Å². The van der Waals surface area contributed by atoms with Crippen LogP contribution in [0.2, 0.25) is 0 Å². The molecule has 0 spiro atoms. The van der Waals surface area contributed by atoms with Crippen LogP contribution in [0.1, 0.15) is 39.2 Å². The molecule has 0 aromatic carbocycles. The number of nitrogens with zero attached hydrogens (tertiary/aromatic N) is 2. The predicted molar refractivity (Wildman–Crippen MR) is 92.3 cm³/mol. The van der Waals surface area contributed by atoms with Crippen LogP contribution >= 0.6 is 0 Å². The number of piperidine rings is 1. The molecule has 1 aromatic rings. The van der Waals surface area contributed by atoms with E-state index in [1.54, 1.807) is 29.4 Å². The summed E-state index contributed by atoms with van der Waals surface area (Å²) < 4.78 is 30.2. The first-order valence-corrected chi connectivity index (χ1v) is 10.0. The molecule has 1 amide bonds. The number of carbonyl (C=O) groups excluding carboxylic acids is 1. The molecule has 1 fully saturated rings. The van der Waals surface area contributed by atoms with E-state index in [-0.39, 0.29) is 23.5 Å². The molecule has 0 unspecified atom stereocenters. The average molecular weight is 354 g/mol. The molecule has 134 valence electrons. The van der Waals surface area contributed by atoms with Gasteiger partial charge >= 0.3 is 6.09 Å². The molecule has 2 rings (SSSR count). The van der Waals surface area contributed by atoms with Gasteiger partial charge in [-0.3, -0.25) is 4.98 Å². The third-order valence-electron chi connectivity index (χ3n) is 3.77. The third-order valence-corrected chi connectivity index (χ3v) is 5.52. The quantitative estimate of drug-likeness (QED) is 0.831. The summed E-state index contributed by atoms with van der Waals surface area (Å²) in [5.41, 5.74) is 0.147. The van der Waals surface area contributed by atoms with Crippen molar-refractivity contribution in [2.45, 2.75) is 45.0 Å². The van der Waals surface area contributed by atoms with Gasteiger partial charge in [-0.2, -0.15) is 0 Å². The van der Waals surface area contributed by atoms with Gasteiger partial charge in [-0.05, 0) is 51.2 Å². The van der Waals surface area contributed by atoms with E-state index in [1.165, 1.54) is 0 Å². The van der Waals surface area contributed by atoms with E-state index in [0.29, 0.717) is 18.7 Å². The highest BCUT2D eigenvalue weighted by Crippen LogP contribution is 2.22. The van der Waals surface area contributed by atoms with E-state index in [2.05, 4.69) is 4.98 Å². The van der Waals surface area contributed by atoms with Crippen LogP contribution < -0.4 is 0 Å². The van der Waals surface area contributed by atoms with Crippen LogP contribution in [0.4, 0.5) is 4.79 Å². The Bertz CT molecular complexity index is 653. The van der Waals surface area contributed by atoms with Gasteiger partial charge in [-0.15, -0.1) is 0 Å².